The lowest BCUT2D eigenvalue weighted by atomic mass is 10.1. The van der Waals surface area contributed by atoms with E-state index in [2.05, 4.69) is 25.4 Å². The summed E-state index contributed by atoms with van der Waals surface area (Å²) in [5.74, 6) is 1.47. The van der Waals surface area contributed by atoms with Crippen LogP contribution in [0, 0.1) is 6.92 Å². The Morgan fingerprint density at radius 1 is 1.33 bits per heavy atom. The van der Waals surface area contributed by atoms with E-state index in [9.17, 15) is 4.79 Å². The summed E-state index contributed by atoms with van der Waals surface area (Å²) in [5, 5.41) is 7.03. The Hall–Kier alpha value is -3.33. The molecule has 1 N–H and O–H groups in total. The van der Waals surface area contributed by atoms with Crippen molar-refractivity contribution in [3.8, 4) is 0 Å². The van der Waals surface area contributed by atoms with Crippen LogP contribution < -0.4 is 5.32 Å². The van der Waals surface area contributed by atoms with Crippen LogP contribution in [0.25, 0.3) is 0 Å². The van der Waals surface area contributed by atoms with Gasteiger partial charge in [0.2, 0.25) is 11.7 Å². The lowest BCUT2D eigenvalue weighted by Crippen LogP contribution is -2.42. The number of amides is 1. The topological polar surface area (TPSA) is 106 Å². The van der Waals surface area contributed by atoms with E-state index in [1.807, 2.05) is 12.1 Å². The van der Waals surface area contributed by atoms with E-state index < -0.39 is 0 Å². The third kappa shape index (κ3) is 3.93. The fraction of sp³-hybridized carbons (Fsp3) is 0.278. The first kappa shape index (κ1) is 17.1. The maximum atomic E-state index is 12.9. The van der Waals surface area contributed by atoms with E-state index in [1.54, 1.807) is 42.5 Å². The fourth-order valence-electron chi connectivity index (χ4n) is 2.86. The van der Waals surface area contributed by atoms with Crippen LogP contribution in [0.3, 0.4) is 0 Å². The van der Waals surface area contributed by atoms with Gasteiger partial charge in [0.15, 0.2) is 0 Å². The van der Waals surface area contributed by atoms with E-state index in [0.717, 1.165) is 5.69 Å². The van der Waals surface area contributed by atoms with Crippen LogP contribution in [0.4, 0.5) is 11.5 Å². The van der Waals surface area contributed by atoms with Gasteiger partial charge in [0.05, 0.1) is 19.3 Å². The Morgan fingerprint density at radius 3 is 3.04 bits per heavy atom. The molecule has 1 saturated heterocycles. The van der Waals surface area contributed by atoms with Gasteiger partial charge in [0.25, 0.3) is 5.91 Å². The summed E-state index contributed by atoms with van der Waals surface area (Å²) < 4.78 is 10.7. The molecule has 1 aliphatic heterocycles. The zero-order valence-corrected chi connectivity index (χ0v) is 14.7. The van der Waals surface area contributed by atoms with Crippen LogP contribution in [-0.2, 0) is 4.74 Å². The number of aromatic nitrogens is 4. The Kier molecular flexibility index (Phi) is 4.75. The van der Waals surface area contributed by atoms with Gasteiger partial charge >= 0.3 is 0 Å². The smallest absolute Gasteiger partial charge is 0.254 e. The maximum absolute atomic E-state index is 12.9. The van der Waals surface area contributed by atoms with Crippen LogP contribution in [-0.4, -0.2) is 50.6 Å². The second-order valence-corrected chi connectivity index (χ2v) is 6.08. The predicted molar refractivity (Wildman–Crippen MR) is 95.4 cm³/mol. The van der Waals surface area contributed by atoms with Crippen molar-refractivity contribution in [3.63, 3.8) is 0 Å². The second kappa shape index (κ2) is 7.50. The van der Waals surface area contributed by atoms with Crippen LogP contribution >= 0.6 is 0 Å². The van der Waals surface area contributed by atoms with Crippen molar-refractivity contribution in [3.05, 3.63) is 60.1 Å². The second-order valence-electron chi connectivity index (χ2n) is 6.08. The van der Waals surface area contributed by atoms with Crippen LogP contribution in [0.1, 0.15) is 28.2 Å². The molecule has 0 bridgehead atoms. The third-order valence-corrected chi connectivity index (χ3v) is 4.13. The quantitative estimate of drug-likeness (QED) is 0.748. The molecule has 0 saturated carbocycles. The Morgan fingerprint density at radius 2 is 2.26 bits per heavy atom. The first-order valence-corrected chi connectivity index (χ1v) is 8.53. The van der Waals surface area contributed by atoms with Gasteiger partial charge in [-0.1, -0.05) is 11.2 Å². The molecule has 0 unspecified atom stereocenters. The molecular formula is C18H18N6O3. The first-order valence-electron chi connectivity index (χ1n) is 8.53. The number of hydrogen-bond acceptors (Lipinski definition) is 8. The average Bonchev–Trinajstić information content (AvgIpc) is 3.15. The summed E-state index contributed by atoms with van der Waals surface area (Å²) in [6.45, 7) is 3.02. The molecule has 27 heavy (non-hydrogen) atoms. The fourth-order valence-corrected chi connectivity index (χ4v) is 2.86. The highest BCUT2D eigenvalue weighted by molar-refractivity contribution is 5.95. The summed E-state index contributed by atoms with van der Waals surface area (Å²) in [6, 6.07) is 7.27. The molecule has 3 heterocycles. The first-order chi connectivity index (χ1) is 13.2. The molecule has 9 nitrogen and oxygen atoms in total. The number of aryl methyl sites for hydroxylation is 1. The van der Waals surface area contributed by atoms with E-state index in [4.69, 9.17) is 9.26 Å². The largest absolute Gasteiger partial charge is 0.366 e. The molecule has 3 aromatic rings. The number of carbonyl (C=O) groups is 1. The number of anilines is 2. The van der Waals surface area contributed by atoms with Crippen molar-refractivity contribution in [1.29, 1.82) is 0 Å². The zero-order chi connectivity index (χ0) is 18.6. The lowest BCUT2D eigenvalue weighted by molar-refractivity contribution is -0.0276. The van der Waals surface area contributed by atoms with Gasteiger partial charge < -0.3 is 19.5 Å². The van der Waals surface area contributed by atoms with Gasteiger partial charge in [-0.25, -0.2) is 4.98 Å². The molecule has 1 atom stereocenters. The number of benzene rings is 1. The minimum atomic E-state index is -0.388. The highest BCUT2D eigenvalue weighted by Gasteiger charge is 2.29. The molecule has 2 aromatic heterocycles. The summed E-state index contributed by atoms with van der Waals surface area (Å²) in [6.07, 6.45) is 4.44. The number of nitrogens with one attached hydrogen (secondary N) is 1. The molecule has 0 radical (unpaired) electrons. The van der Waals surface area contributed by atoms with Crippen molar-refractivity contribution in [2.24, 2.45) is 0 Å². The van der Waals surface area contributed by atoms with E-state index in [1.165, 1.54) is 0 Å². The number of morpholine rings is 1. The molecule has 1 aliphatic rings. The van der Waals surface area contributed by atoms with Crippen LogP contribution in [0.5, 0.6) is 0 Å². The van der Waals surface area contributed by atoms with Crippen molar-refractivity contribution in [2.75, 3.05) is 25.0 Å². The number of nitrogens with zero attached hydrogens (tertiary/aromatic N) is 5. The lowest BCUT2D eigenvalue weighted by Gasteiger charge is -2.31. The third-order valence-electron chi connectivity index (χ3n) is 4.13. The van der Waals surface area contributed by atoms with Crippen molar-refractivity contribution in [1.82, 2.24) is 25.0 Å². The molecule has 9 heteroatoms. The Labute approximate surface area is 155 Å². The molecule has 4 rings (SSSR count). The standard InChI is InChI=1S/C18H18N6O3/c1-12-21-17(23-27-12)15-11-24(7-8-26-15)18(25)13-3-2-4-14(9-13)22-16-10-19-5-6-20-16/h2-6,9-10,15H,7-8,11H2,1H3,(H,20,22)/t15-/m0/s1. The normalized spacial score (nSPS) is 16.9. The number of rotatable bonds is 4. The van der Waals surface area contributed by atoms with Crippen LogP contribution in [0.2, 0.25) is 0 Å². The minimum Gasteiger partial charge on any atom is -0.366 e. The molecule has 0 spiro atoms. The van der Waals surface area contributed by atoms with Crippen molar-refractivity contribution < 1.29 is 14.1 Å². The minimum absolute atomic E-state index is 0.0775. The molecule has 1 fully saturated rings. The van der Waals surface area contributed by atoms with Crippen LogP contribution in [0.15, 0.2) is 47.4 Å². The van der Waals surface area contributed by atoms with Gasteiger partial charge in [-0.05, 0) is 18.2 Å². The monoisotopic (exact) mass is 366 g/mol. The van der Waals surface area contributed by atoms with Gasteiger partial charge in [0.1, 0.15) is 11.9 Å². The van der Waals surface area contributed by atoms with Gasteiger partial charge in [0, 0.05) is 37.1 Å². The Balaban J connectivity index is 1.48. The van der Waals surface area contributed by atoms with Gasteiger partial charge in [-0.2, -0.15) is 4.98 Å². The molecule has 138 valence electrons. The van der Waals surface area contributed by atoms with E-state index in [0.29, 0.717) is 42.8 Å². The SMILES string of the molecule is Cc1nc([C@@H]2CN(C(=O)c3cccc(Nc4cnccn4)c3)CCO2)no1. The van der Waals surface area contributed by atoms with Crippen molar-refractivity contribution >= 4 is 17.4 Å². The molecule has 1 aromatic carbocycles. The number of ether oxygens (including phenoxy) is 1. The van der Waals surface area contributed by atoms with E-state index >= 15 is 0 Å². The summed E-state index contributed by atoms with van der Waals surface area (Å²) in [5.41, 5.74) is 1.34. The summed E-state index contributed by atoms with van der Waals surface area (Å²) >= 11 is 0. The molecule has 1 amide bonds. The molecule has 0 aliphatic carbocycles. The van der Waals surface area contributed by atoms with Gasteiger partial charge in [-0.3, -0.25) is 9.78 Å². The van der Waals surface area contributed by atoms with E-state index in [-0.39, 0.29) is 12.0 Å². The predicted octanol–water partition coefficient (Wildman–Crippen LogP) is 2.13. The Bertz CT molecular complexity index is 930. The number of hydrogen-bond donors (Lipinski definition) is 1. The maximum Gasteiger partial charge on any atom is 0.254 e. The van der Waals surface area contributed by atoms with Gasteiger partial charge in [-0.15, -0.1) is 0 Å². The molecular weight excluding hydrogens is 348 g/mol. The average molecular weight is 366 g/mol. The highest BCUT2D eigenvalue weighted by atomic mass is 16.5. The summed E-state index contributed by atoms with van der Waals surface area (Å²) in [7, 11) is 0. The highest BCUT2D eigenvalue weighted by Crippen LogP contribution is 2.22. The number of carbonyl (C=O) groups excluding carboxylic acids is 1. The van der Waals surface area contributed by atoms with Crippen molar-refractivity contribution in [2.45, 2.75) is 13.0 Å². The zero-order valence-electron chi connectivity index (χ0n) is 14.7. The summed E-state index contributed by atoms with van der Waals surface area (Å²) in [4.78, 5) is 27.1.